The molecule has 0 saturated carbocycles. The van der Waals surface area contributed by atoms with Gasteiger partial charge in [0.05, 0.1) is 10.7 Å². The normalized spacial score (nSPS) is 15.7. The van der Waals surface area contributed by atoms with Crippen LogP contribution in [0.5, 0.6) is 0 Å². The van der Waals surface area contributed by atoms with E-state index in [1.807, 2.05) is 0 Å². The highest BCUT2D eigenvalue weighted by Gasteiger charge is 2.22. The van der Waals surface area contributed by atoms with Gasteiger partial charge in [-0.25, -0.2) is 4.98 Å². The van der Waals surface area contributed by atoms with Gasteiger partial charge in [0.1, 0.15) is 0 Å². The minimum absolute atomic E-state index is 0.635. The van der Waals surface area contributed by atoms with E-state index in [4.69, 9.17) is 4.98 Å². The van der Waals surface area contributed by atoms with E-state index in [1.54, 1.807) is 11.3 Å². The second-order valence-corrected chi connectivity index (χ2v) is 6.07. The maximum Gasteiger partial charge on any atom is 0.0989 e. The number of nitrogens with zero attached hydrogens (tertiary/aromatic N) is 1. The van der Waals surface area contributed by atoms with E-state index in [-0.39, 0.29) is 0 Å². The van der Waals surface area contributed by atoms with Gasteiger partial charge in [-0.2, -0.15) is 0 Å². The van der Waals surface area contributed by atoms with Gasteiger partial charge < -0.3 is 5.32 Å². The van der Waals surface area contributed by atoms with Crippen LogP contribution in [0, 0.1) is 20.8 Å². The van der Waals surface area contributed by atoms with Crippen LogP contribution < -0.4 is 5.32 Å². The summed E-state index contributed by atoms with van der Waals surface area (Å²) in [5, 5.41) is 6.78. The molecule has 3 heteroatoms. The third-order valence-corrected chi connectivity index (χ3v) is 4.78. The lowest BCUT2D eigenvalue weighted by Crippen LogP contribution is -2.39. The standard InChI is InChI=1S/C15H18N2S/c1-9-4-11(3)13(5-10(9)2)14-8-18-15(17-14)12-6-16-7-12/h4-5,8,12,16H,6-7H2,1-3H3. The van der Waals surface area contributed by atoms with E-state index in [0.29, 0.717) is 5.92 Å². The highest BCUT2D eigenvalue weighted by Crippen LogP contribution is 2.31. The smallest absolute Gasteiger partial charge is 0.0989 e. The molecule has 1 N–H and O–H groups in total. The Balaban J connectivity index is 1.98. The minimum atomic E-state index is 0.635. The number of aryl methyl sites for hydroxylation is 3. The van der Waals surface area contributed by atoms with Gasteiger partial charge in [-0.15, -0.1) is 11.3 Å². The van der Waals surface area contributed by atoms with Crippen molar-refractivity contribution in [2.45, 2.75) is 26.7 Å². The number of hydrogen-bond donors (Lipinski definition) is 1. The molecule has 0 unspecified atom stereocenters. The molecule has 0 radical (unpaired) electrons. The molecule has 94 valence electrons. The first-order valence-electron chi connectivity index (χ1n) is 6.39. The van der Waals surface area contributed by atoms with Crippen molar-refractivity contribution in [3.05, 3.63) is 39.2 Å². The highest BCUT2D eigenvalue weighted by atomic mass is 32.1. The van der Waals surface area contributed by atoms with Gasteiger partial charge in [-0.3, -0.25) is 0 Å². The molecular weight excluding hydrogens is 240 g/mol. The number of aromatic nitrogens is 1. The van der Waals surface area contributed by atoms with Crippen molar-refractivity contribution < 1.29 is 0 Å². The molecule has 1 aliphatic rings. The predicted octanol–water partition coefficient (Wildman–Crippen LogP) is 3.42. The van der Waals surface area contributed by atoms with Crippen LogP contribution in [-0.2, 0) is 0 Å². The quantitative estimate of drug-likeness (QED) is 0.892. The minimum Gasteiger partial charge on any atom is -0.315 e. The second-order valence-electron chi connectivity index (χ2n) is 5.18. The fourth-order valence-corrected chi connectivity index (χ4v) is 3.22. The van der Waals surface area contributed by atoms with Crippen molar-refractivity contribution in [2.24, 2.45) is 0 Å². The first kappa shape index (κ1) is 11.9. The van der Waals surface area contributed by atoms with Crippen molar-refractivity contribution in [1.82, 2.24) is 10.3 Å². The molecule has 1 aliphatic heterocycles. The fraction of sp³-hybridized carbons (Fsp3) is 0.400. The molecule has 1 fully saturated rings. The fourth-order valence-electron chi connectivity index (χ4n) is 2.30. The molecule has 0 spiro atoms. The van der Waals surface area contributed by atoms with Crippen molar-refractivity contribution in [1.29, 1.82) is 0 Å². The monoisotopic (exact) mass is 258 g/mol. The summed E-state index contributed by atoms with van der Waals surface area (Å²) in [5.74, 6) is 0.635. The number of thiazole rings is 1. The van der Waals surface area contributed by atoms with E-state index in [2.05, 4.69) is 43.6 Å². The van der Waals surface area contributed by atoms with Crippen LogP contribution in [0.1, 0.15) is 27.6 Å². The van der Waals surface area contributed by atoms with Crippen LogP contribution >= 0.6 is 11.3 Å². The molecule has 1 aromatic heterocycles. The zero-order valence-electron chi connectivity index (χ0n) is 11.1. The Morgan fingerprint density at radius 2 is 1.83 bits per heavy atom. The lowest BCUT2D eigenvalue weighted by molar-refractivity contribution is 0.447. The van der Waals surface area contributed by atoms with E-state index >= 15 is 0 Å². The average molecular weight is 258 g/mol. The summed E-state index contributed by atoms with van der Waals surface area (Å²) >= 11 is 1.80. The Morgan fingerprint density at radius 1 is 1.11 bits per heavy atom. The predicted molar refractivity (Wildman–Crippen MR) is 77.4 cm³/mol. The Bertz CT molecular complexity index is 582. The summed E-state index contributed by atoms with van der Waals surface area (Å²) < 4.78 is 0. The molecule has 0 bridgehead atoms. The van der Waals surface area contributed by atoms with Gasteiger partial charge in [0.15, 0.2) is 0 Å². The number of hydrogen-bond acceptors (Lipinski definition) is 3. The van der Waals surface area contributed by atoms with Crippen LogP contribution in [0.25, 0.3) is 11.3 Å². The van der Waals surface area contributed by atoms with Gasteiger partial charge in [-0.1, -0.05) is 6.07 Å². The zero-order valence-corrected chi connectivity index (χ0v) is 11.9. The van der Waals surface area contributed by atoms with Crippen molar-refractivity contribution in [3.63, 3.8) is 0 Å². The molecule has 0 atom stereocenters. The number of rotatable bonds is 2. The Kier molecular flexibility index (Phi) is 2.96. The van der Waals surface area contributed by atoms with Crippen LogP contribution in [-0.4, -0.2) is 18.1 Å². The third-order valence-electron chi connectivity index (χ3n) is 3.77. The van der Waals surface area contributed by atoms with Crippen molar-refractivity contribution >= 4 is 11.3 Å². The SMILES string of the molecule is Cc1cc(C)c(-c2csc(C3CNC3)n2)cc1C. The third kappa shape index (κ3) is 1.98. The Labute approximate surface area is 112 Å². The van der Waals surface area contributed by atoms with Gasteiger partial charge >= 0.3 is 0 Å². The first-order chi connectivity index (χ1) is 8.65. The molecule has 2 heterocycles. The summed E-state index contributed by atoms with van der Waals surface area (Å²) in [6.45, 7) is 8.67. The van der Waals surface area contributed by atoms with E-state index in [9.17, 15) is 0 Å². The molecule has 18 heavy (non-hydrogen) atoms. The summed E-state index contributed by atoms with van der Waals surface area (Å²) in [4.78, 5) is 4.81. The van der Waals surface area contributed by atoms with Gasteiger partial charge in [0.2, 0.25) is 0 Å². The summed E-state index contributed by atoms with van der Waals surface area (Å²) in [6.07, 6.45) is 0. The molecule has 0 amide bonds. The lowest BCUT2D eigenvalue weighted by Gasteiger charge is -2.24. The first-order valence-corrected chi connectivity index (χ1v) is 7.27. The largest absolute Gasteiger partial charge is 0.315 e. The van der Waals surface area contributed by atoms with Crippen LogP contribution in [0.4, 0.5) is 0 Å². The summed E-state index contributed by atoms with van der Waals surface area (Å²) in [6, 6.07) is 4.52. The Hall–Kier alpha value is -1.19. The molecule has 2 aromatic rings. The maximum absolute atomic E-state index is 4.81. The molecule has 1 saturated heterocycles. The lowest BCUT2D eigenvalue weighted by atomic mass is 9.99. The zero-order chi connectivity index (χ0) is 12.7. The van der Waals surface area contributed by atoms with Crippen LogP contribution in [0.2, 0.25) is 0 Å². The molecular formula is C15H18N2S. The molecule has 3 rings (SSSR count). The molecule has 2 nitrogen and oxygen atoms in total. The van der Waals surface area contributed by atoms with Crippen LogP contribution in [0.3, 0.4) is 0 Å². The highest BCUT2D eigenvalue weighted by molar-refractivity contribution is 7.10. The molecule has 0 aliphatic carbocycles. The summed E-state index contributed by atoms with van der Waals surface area (Å²) in [7, 11) is 0. The van der Waals surface area contributed by atoms with E-state index in [0.717, 1.165) is 18.8 Å². The van der Waals surface area contributed by atoms with Crippen molar-refractivity contribution in [2.75, 3.05) is 13.1 Å². The van der Waals surface area contributed by atoms with Gasteiger partial charge in [0.25, 0.3) is 0 Å². The topological polar surface area (TPSA) is 24.9 Å². The number of nitrogens with one attached hydrogen (secondary N) is 1. The molecule has 1 aromatic carbocycles. The average Bonchev–Trinajstić information content (AvgIpc) is 2.70. The second kappa shape index (κ2) is 4.48. The number of benzene rings is 1. The maximum atomic E-state index is 4.81. The summed E-state index contributed by atoms with van der Waals surface area (Å²) in [5.41, 5.74) is 6.45. The van der Waals surface area contributed by atoms with E-state index < -0.39 is 0 Å². The van der Waals surface area contributed by atoms with E-state index in [1.165, 1.54) is 27.3 Å². The van der Waals surface area contributed by atoms with Crippen LogP contribution in [0.15, 0.2) is 17.5 Å². The van der Waals surface area contributed by atoms with Gasteiger partial charge in [-0.05, 0) is 43.5 Å². The van der Waals surface area contributed by atoms with Gasteiger partial charge in [0, 0.05) is 30.0 Å². The van der Waals surface area contributed by atoms with Crippen molar-refractivity contribution in [3.8, 4) is 11.3 Å². The Morgan fingerprint density at radius 3 is 2.50 bits per heavy atom.